The van der Waals surface area contributed by atoms with E-state index in [9.17, 15) is 86.1 Å². The van der Waals surface area contributed by atoms with Crippen molar-refractivity contribution >= 4 is 205 Å². The van der Waals surface area contributed by atoms with Gasteiger partial charge in [0.05, 0.1) is 0 Å². The maximum Gasteiger partial charge on any atom is 0.169 e. The molecule has 0 N–H and O–H groups in total. The molecule has 0 aromatic carbocycles. The molecule has 34 heteroatoms. The van der Waals surface area contributed by atoms with Crippen molar-refractivity contribution in [2.45, 2.75) is 211 Å². The van der Waals surface area contributed by atoms with E-state index >= 15 is 0 Å². The Morgan fingerprint density at radius 3 is 0.435 bits per heavy atom. The van der Waals surface area contributed by atoms with Crippen LogP contribution in [0.1, 0.15) is 182 Å². The Balaban J connectivity index is -0.000000130. The van der Waals surface area contributed by atoms with E-state index in [0.29, 0.717) is 0 Å². The minimum atomic E-state index is -5.85. The third-order valence-corrected chi connectivity index (χ3v) is 28.0. The fraction of sp³-hybridized carbons (Fsp3) is 1.00. The fourth-order valence-corrected chi connectivity index (χ4v) is 10.5. The van der Waals surface area contributed by atoms with Crippen LogP contribution in [0, 0.1) is 0 Å². The molecule has 0 saturated carbocycles. The van der Waals surface area contributed by atoms with Crippen LogP contribution in [0.2, 0.25) is 17.7 Å². The maximum atomic E-state index is 9.94. The smallest absolute Gasteiger partial charge is 0.169 e. The molecule has 0 aromatic rings. The van der Waals surface area contributed by atoms with Crippen molar-refractivity contribution < 1.29 is 86.1 Å². The van der Waals surface area contributed by atoms with Gasteiger partial charge in [-0.05, 0) is 45.6 Å². The number of halogens is 6. The van der Waals surface area contributed by atoms with Gasteiger partial charge in [-0.3, -0.25) is 0 Å². The van der Waals surface area contributed by atoms with Crippen LogP contribution in [0.3, 0.4) is 0 Å². The van der Waals surface area contributed by atoms with E-state index < -0.39 is 57.0 Å². The van der Waals surface area contributed by atoms with Crippen LogP contribution in [0.15, 0.2) is 0 Å². The van der Waals surface area contributed by atoms with Gasteiger partial charge in [0.15, 0.2) is 11.4 Å². The van der Waals surface area contributed by atoms with Gasteiger partial charge in [-0.15, -0.1) is 0 Å². The van der Waals surface area contributed by atoms with Crippen molar-refractivity contribution in [1.82, 2.24) is 0 Å². The molecular formula is C35H68Cl6O18P6Sn4. The number of hydrogen-bond donors (Lipinski definition) is 0. The van der Waals surface area contributed by atoms with Gasteiger partial charge >= 0.3 is 290 Å². The fourth-order valence-electron chi connectivity index (χ4n) is 4.07. The summed E-state index contributed by atoms with van der Waals surface area (Å²) in [6.45, 7) is 9.07. The third kappa shape index (κ3) is 54.2. The molecule has 0 rings (SSSR count). The Hall–Kier alpha value is 5.83. The van der Waals surface area contributed by atoms with Gasteiger partial charge in [0, 0.05) is 0 Å². The zero-order valence-corrected chi connectivity index (χ0v) is 60.9. The first kappa shape index (κ1) is 88.7. The Morgan fingerprint density at radius 2 is 0.362 bits per heavy atom. The van der Waals surface area contributed by atoms with E-state index in [-0.39, 0.29) is 0 Å². The molecule has 0 aromatic heterocycles. The topological polar surface area (TPSA) is 379 Å². The normalized spacial score (nSPS) is 12.5. The third-order valence-electron chi connectivity index (χ3n) is 8.10. The monoisotopic (exact) mass is 1650 g/mol. The van der Waals surface area contributed by atoms with Crippen molar-refractivity contribution in [3.05, 3.63) is 0 Å². The molecule has 0 aliphatic carbocycles. The average Bonchev–Trinajstić information content (AvgIpc) is 3.20. The summed E-state index contributed by atoms with van der Waals surface area (Å²) in [6.07, 6.45) is 34.8. The van der Waals surface area contributed by atoms with Crippen LogP contribution in [0.4, 0.5) is 0 Å². The molecule has 0 heterocycles. The van der Waals surface area contributed by atoms with Crippen molar-refractivity contribution in [3.8, 4) is 0 Å². The average molecular weight is 1650 g/mol. The van der Waals surface area contributed by atoms with Gasteiger partial charge in [0.25, 0.3) is 0 Å². The quantitative estimate of drug-likeness (QED) is 0.0374. The SMILES string of the molecule is CCCCCCC[CH2][Sn+3].CCCCCCC[CH2][Sn+3].CCCCCCC[CH2][Sn+3].CCCCCCC[CH2][Sn+3].O=P([O-])([O-])C(Cl)(Cl)P(=O)([O-])[O-].O=P([O-])([O-])C(Cl)(Cl)P(=O)([O-])[O-].O=P([O-])([O-])C(Cl)(Cl)P(=O)([O-])[O-]. The summed E-state index contributed by atoms with van der Waals surface area (Å²) in [4.78, 5) is 119. The zero-order valence-electron chi connectivity index (χ0n) is 39.6. The van der Waals surface area contributed by atoms with Gasteiger partial charge in [0.2, 0.25) is 0 Å². The second-order valence-electron chi connectivity index (χ2n) is 14.6. The molecule has 0 unspecified atom stereocenters. The second kappa shape index (κ2) is 50.8. The molecule has 18 nitrogen and oxygen atoms in total. The van der Waals surface area contributed by atoms with Crippen LogP contribution in [-0.2, 0) is 27.4 Å². The maximum absolute atomic E-state index is 9.94. The molecule has 0 aliphatic rings. The summed E-state index contributed by atoms with van der Waals surface area (Å²) in [5.74, 6) is 0. The minimum absolute atomic E-state index is 1.37. The van der Waals surface area contributed by atoms with Crippen molar-refractivity contribution in [3.63, 3.8) is 0 Å². The van der Waals surface area contributed by atoms with Crippen LogP contribution >= 0.6 is 115 Å². The predicted molar refractivity (Wildman–Crippen MR) is 265 cm³/mol. The van der Waals surface area contributed by atoms with E-state index in [4.69, 9.17) is 0 Å². The standard InChI is InChI=1S/4C8H17.3CH4Cl2O6P2.4Sn/c4*1-3-5-7-8-6-4-2;3*2-1(3,10(4,5)6)11(7,8)9;;;;/h4*1,3-8H2,2H3;3*(H2,4,5,6)(H2,7,8,9);;;;/q;;;;;;;4*+3/p-12. The van der Waals surface area contributed by atoms with Gasteiger partial charge in [-0.1, -0.05) is 69.6 Å². The molecule has 0 atom stereocenters. The van der Waals surface area contributed by atoms with E-state index in [1.165, 1.54) is 172 Å². The van der Waals surface area contributed by atoms with E-state index in [0.717, 1.165) is 0 Å². The number of unbranched alkanes of at least 4 members (excludes halogenated alkanes) is 20. The molecule has 0 spiro atoms. The van der Waals surface area contributed by atoms with Crippen molar-refractivity contribution in [2.75, 3.05) is 0 Å². The number of alkyl halides is 6. The summed E-state index contributed by atoms with van der Waals surface area (Å²) in [5, 5.41) is 0. The summed E-state index contributed by atoms with van der Waals surface area (Å²) in [7, 11) is -35.1. The van der Waals surface area contributed by atoms with Crippen LogP contribution < -0.4 is 58.7 Å². The van der Waals surface area contributed by atoms with E-state index in [1.54, 1.807) is 90.1 Å². The summed E-state index contributed by atoms with van der Waals surface area (Å²) in [6, 6.07) is 0. The molecule has 0 aliphatic heterocycles. The van der Waals surface area contributed by atoms with Crippen LogP contribution in [0.25, 0.3) is 0 Å². The predicted octanol–water partition coefficient (Wildman–Crippen LogP) is 5.44. The Bertz CT molecular complexity index is 1190. The molecule has 0 bridgehead atoms. The molecule has 69 heavy (non-hydrogen) atoms. The first-order valence-electron chi connectivity index (χ1n) is 22.0. The molecular weight excluding hydrogens is 1580 g/mol. The van der Waals surface area contributed by atoms with Gasteiger partial charge < -0.3 is 86.1 Å². The zero-order chi connectivity index (χ0) is 56.3. The van der Waals surface area contributed by atoms with Gasteiger partial charge in [-0.2, -0.15) is 0 Å². The van der Waals surface area contributed by atoms with Crippen LogP contribution in [-0.4, -0.2) is 102 Å². The number of hydrogen-bond acceptors (Lipinski definition) is 18. The Morgan fingerprint density at radius 1 is 0.261 bits per heavy atom. The van der Waals surface area contributed by atoms with Crippen molar-refractivity contribution in [2.24, 2.45) is 0 Å². The molecule has 0 saturated heterocycles. The van der Waals surface area contributed by atoms with E-state index in [2.05, 4.69) is 97.3 Å². The minimum Gasteiger partial charge on any atom is -0.808 e. The number of rotatable bonds is 30. The summed E-state index contributed by atoms with van der Waals surface area (Å²) in [5.41, 5.74) is 0. The Labute approximate surface area is 496 Å². The molecule has 404 valence electrons. The van der Waals surface area contributed by atoms with E-state index in [1.807, 2.05) is 0 Å². The first-order valence-corrected chi connectivity index (χ1v) is 41.6. The second-order valence-corrected chi connectivity index (χ2v) is 38.5. The van der Waals surface area contributed by atoms with Crippen LogP contribution in [0.5, 0.6) is 0 Å². The summed E-state index contributed by atoms with van der Waals surface area (Å²) >= 11 is 33.7. The van der Waals surface area contributed by atoms with Gasteiger partial charge in [0.1, 0.15) is 0 Å². The summed E-state index contributed by atoms with van der Waals surface area (Å²) < 4.78 is 54.1. The Kier molecular flexibility index (Phi) is 65.2. The first-order chi connectivity index (χ1) is 31.2. The van der Waals surface area contributed by atoms with Crippen molar-refractivity contribution in [1.29, 1.82) is 0 Å². The molecule has 0 fully saturated rings. The largest absolute Gasteiger partial charge is 0.808 e. The van der Waals surface area contributed by atoms with Gasteiger partial charge in [-0.25, -0.2) is 0 Å². The molecule has 0 amide bonds. The molecule has 0 radical (unpaired) electrons.